The highest BCUT2D eigenvalue weighted by molar-refractivity contribution is 5.92. The van der Waals surface area contributed by atoms with Crippen molar-refractivity contribution in [3.8, 4) is 0 Å². The number of ether oxygens (including phenoxy) is 1. The maximum absolute atomic E-state index is 12.2. The highest BCUT2D eigenvalue weighted by Gasteiger charge is 2.43. The number of methoxy groups -OCH3 is 1. The van der Waals surface area contributed by atoms with Gasteiger partial charge in [0.15, 0.2) is 0 Å². The number of hydrogen-bond acceptors (Lipinski definition) is 5. The molecule has 26 heavy (non-hydrogen) atoms. The molecule has 0 saturated heterocycles. The zero-order valence-electron chi connectivity index (χ0n) is 15.2. The van der Waals surface area contributed by atoms with Crippen molar-refractivity contribution < 1.29 is 23.5 Å². The Hall–Kier alpha value is -2.57. The molecular weight excluding hydrogens is 336 g/mol. The molecule has 7 nitrogen and oxygen atoms in total. The predicted octanol–water partition coefficient (Wildman–Crippen LogP) is 2.04. The van der Waals surface area contributed by atoms with Crippen molar-refractivity contribution in [2.75, 3.05) is 13.7 Å². The fourth-order valence-corrected chi connectivity index (χ4v) is 3.06. The molecular formula is C19H26N2O5. The van der Waals surface area contributed by atoms with E-state index in [0.717, 1.165) is 12.8 Å². The van der Waals surface area contributed by atoms with Crippen LogP contribution in [0, 0.1) is 5.92 Å². The Kier molecular flexibility index (Phi) is 7.00. The number of carbonyl (C=O) groups excluding carboxylic acids is 3. The van der Waals surface area contributed by atoms with Gasteiger partial charge in [-0.1, -0.05) is 6.92 Å². The fourth-order valence-electron chi connectivity index (χ4n) is 3.06. The molecule has 2 N–H and O–H groups in total. The molecule has 1 fully saturated rings. The zero-order chi connectivity index (χ0) is 19.0. The first-order valence-corrected chi connectivity index (χ1v) is 8.84. The van der Waals surface area contributed by atoms with Gasteiger partial charge in [-0.3, -0.25) is 9.59 Å². The van der Waals surface area contributed by atoms with E-state index < -0.39 is 11.5 Å². The molecule has 1 heterocycles. The summed E-state index contributed by atoms with van der Waals surface area (Å²) >= 11 is 0. The van der Waals surface area contributed by atoms with Crippen LogP contribution in [0.4, 0.5) is 0 Å². The van der Waals surface area contributed by atoms with Crippen LogP contribution in [0.1, 0.15) is 44.8 Å². The third-order valence-corrected chi connectivity index (χ3v) is 4.68. The average Bonchev–Trinajstić information content (AvgIpc) is 3.15. The number of hydrogen-bond donors (Lipinski definition) is 2. The van der Waals surface area contributed by atoms with Crippen LogP contribution in [-0.2, 0) is 19.1 Å². The van der Waals surface area contributed by atoms with Crippen molar-refractivity contribution in [2.24, 2.45) is 5.92 Å². The van der Waals surface area contributed by atoms with E-state index in [1.54, 1.807) is 18.2 Å². The van der Waals surface area contributed by atoms with Crippen molar-refractivity contribution in [1.82, 2.24) is 10.6 Å². The van der Waals surface area contributed by atoms with Gasteiger partial charge in [0, 0.05) is 19.0 Å². The van der Waals surface area contributed by atoms with Gasteiger partial charge < -0.3 is 19.8 Å². The van der Waals surface area contributed by atoms with Gasteiger partial charge in [-0.2, -0.15) is 0 Å². The molecule has 0 spiro atoms. The van der Waals surface area contributed by atoms with E-state index in [0.29, 0.717) is 24.5 Å². The van der Waals surface area contributed by atoms with Crippen molar-refractivity contribution in [2.45, 2.75) is 44.6 Å². The minimum atomic E-state index is -0.943. The number of esters is 1. The minimum absolute atomic E-state index is 0.0919. The van der Waals surface area contributed by atoms with E-state index in [4.69, 9.17) is 9.15 Å². The van der Waals surface area contributed by atoms with Crippen molar-refractivity contribution in [3.63, 3.8) is 0 Å². The van der Waals surface area contributed by atoms with Gasteiger partial charge in [0.2, 0.25) is 11.8 Å². The first kappa shape index (κ1) is 19.8. The summed E-state index contributed by atoms with van der Waals surface area (Å²) in [6.07, 6.45) is 7.38. The Bertz CT molecular complexity index is 643. The molecule has 142 valence electrons. The number of furan rings is 1. The summed E-state index contributed by atoms with van der Waals surface area (Å²) < 4.78 is 9.99. The maximum Gasteiger partial charge on any atom is 0.331 e. The summed E-state index contributed by atoms with van der Waals surface area (Å²) in [6.45, 7) is 2.32. The molecule has 0 bridgehead atoms. The molecule has 2 rings (SSSR count). The second-order valence-corrected chi connectivity index (χ2v) is 6.69. The SMILES string of the molecule is COC(=O)C1(NC(=O)CCNC(=O)/C=C/c2ccco2)CCC(C)CC1. The van der Waals surface area contributed by atoms with E-state index in [1.807, 2.05) is 0 Å². The topological polar surface area (TPSA) is 97.6 Å². The molecule has 0 aromatic carbocycles. The number of rotatable bonds is 7. The molecule has 1 aliphatic rings. The van der Waals surface area contributed by atoms with Gasteiger partial charge in [-0.15, -0.1) is 0 Å². The summed E-state index contributed by atoms with van der Waals surface area (Å²) in [6, 6.07) is 3.46. The second kappa shape index (κ2) is 9.22. The van der Waals surface area contributed by atoms with Crippen LogP contribution in [0.5, 0.6) is 0 Å². The molecule has 0 unspecified atom stereocenters. The number of carbonyl (C=O) groups is 3. The number of amides is 2. The molecule has 1 aliphatic carbocycles. The lowest BCUT2D eigenvalue weighted by Crippen LogP contribution is -2.57. The van der Waals surface area contributed by atoms with Gasteiger partial charge in [-0.05, 0) is 49.8 Å². The van der Waals surface area contributed by atoms with Gasteiger partial charge in [0.25, 0.3) is 0 Å². The Morgan fingerprint density at radius 3 is 2.69 bits per heavy atom. The summed E-state index contributed by atoms with van der Waals surface area (Å²) in [7, 11) is 1.33. The summed E-state index contributed by atoms with van der Waals surface area (Å²) in [5.74, 6) is 0.112. The normalized spacial score (nSPS) is 22.8. The predicted molar refractivity (Wildman–Crippen MR) is 95.9 cm³/mol. The monoisotopic (exact) mass is 362 g/mol. The van der Waals surface area contributed by atoms with E-state index in [9.17, 15) is 14.4 Å². The van der Waals surface area contributed by atoms with Crippen LogP contribution in [0.25, 0.3) is 6.08 Å². The lowest BCUT2D eigenvalue weighted by atomic mass is 9.77. The van der Waals surface area contributed by atoms with Crippen LogP contribution in [0.3, 0.4) is 0 Å². The van der Waals surface area contributed by atoms with Crippen molar-refractivity contribution in [3.05, 3.63) is 30.2 Å². The first-order chi connectivity index (χ1) is 12.4. The molecule has 7 heteroatoms. The van der Waals surface area contributed by atoms with E-state index in [1.165, 1.54) is 19.4 Å². The van der Waals surface area contributed by atoms with E-state index >= 15 is 0 Å². The molecule has 2 amide bonds. The van der Waals surface area contributed by atoms with Gasteiger partial charge in [0.05, 0.1) is 13.4 Å². The first-order valence-electron chi connectivity index (χ1n) is 8.84. The van der Waals surface area contributed by atoms with Gasteiger partial charge in [0.1, 0.15) is 11.3 Å². The van der Waals surface area contributed by atoms with Crippen LogP contribution >= 0.6 is 0 Å². The lowest BCUT2D eigenvalue weighted by molar-refractivity contribution is -0.153. The average molecular weight is 362 g/mol. The van der Waals surface area contributed by atoms with Crippen LogP contribution < -0.4 is 10.6 Å². The van der Waals surface area contributed by atoms with Gasteiger partial charge >= 0.3 is 5.97 Å². The quantitative estimate of drug-likeness (QED) is 0.571. The molecule has 1 saturated carbocycles. The number of nitrogens with one attached hydrogen (secondary N) is 2. The summed E-state index contributed by atoms with van der Waals surface area (Å²) in [5.41, 5.74) is -0.943. The third kappa shape index (κ3) is 5.47. The van der Waals surface area contributed by atoms with Crippen molar-refractivity contribution in [1.29, 1.82) is 0 Å². The fraction of sp³-hybridized carbons (Fsp3) is 0.526. The smallest absolute Gasteiger partial charge is 0.331 e. The molecule has 0 radical (unpaired) electrons. The molecule has 0 aliphatic heterocycles. The maximum atomic E-state index is 12.2. The van der Waals surface area contributed by atoms with E-state index in [2.05, 4.69) is 17.6 Å². The molecule has 1 aromatic heterocycles. The second-order valence-electron chi connectivity index (χ2n) is 6.69. The summed E-state index contributed by atoms with van der Waals surface area (Å²) in [4.78, 5) is 36.1. The van der Waals surface area contributed by atoms with E-state index in [-0.39, 0.29) is 24.8 Å². The lowest BCUT2D eigenvalue weighted by Gasteiger charge is -2.37. The largest absolute Gasteiger partial charge is 0.467 e. The highest BCUT2D eigenvalue weighted by atomic mass is 16.5. The van der Waals surface area contributed by atoms with Crippen LogP contribution in [0.2, 0.25) is 0 Å². The van der Waals surface area contributed by atoms with Crippen LogP contribution in [-0.4, -0.2) is 37.0 Å². The molecule has 0 atom stereocenters. The minimum Gasteiger partial charge on any atom is -0.467 e. The van der Waals surface area contributed by atoms with Gasteiger partial charge in [-0.25, -0.2) is 4.79 Å². The molecule has 1 aromatic rings. The standard InChI is InChI=1S/C19H26N2O5/c1-14-7-10-19(11-8-14,18(24)25-2)21-17(23)9-12-20-16(22)6-5-15-4-3-13-26-15/h3-6,13-14H,7-12H2,1-2H3,(H,20,22)(H,21,23)/b6-5+. The third-order valence-electron chi connectivity index (χ3n) is 4.68. The Labute approximate surface area is 153 Å². The Morgan fingerprint density at radius 1 is 1.35 bits per heavy atom. The Morgan fingerprint density at radius 2 is 2.08 bits per heavy atom. The zero-order valence-corrected chi connectivity index (χ0v) is 15.2. The summed E-state index contributed by atoms with van der Waals surface area (Å²) in [5, 5.41) is 5.47. The Balaban J connectivity index is 1.79. The van der Waals surface area contributed by atoms with Crippen molar-refractivity contribution >= 4 is 23.9 Å². The van der Waals surface area contributed by atoms with Crippen LogP contribution in [0.15, 0.2) is 28.9 Å². The highest BCUT2D eigenvalue weighted by Crippen LogP contribution is 2.32.